The van der Waals surface area contributed by atoms with Gasteiger partial charge in [0.2, 0.25) is 0 Å². The lowest BCUT2D eigenvalue weighted by Gasteiger charge is -2.09. The van der Waals surface area contributed by atoms with Crippen molar-refractivity contribution in [1.82, 2.24) is 0 Å². The number of unbranched alkanes of at least 4 members (excludes halogenated alkanes) is 3. The van der Waals surface area contributed by atoms with E-state index in [0.29, 0.717) is 0 Å². The number of fused-ring (bicyclic) bond motifs is 2. The summed E-state index contributed by atoms with van der Waals surface area (Å²) in [5.41, 5.74) is 8.20. The van der Waals surface area contributed by atoms with Crippen LogP contribution in [0.1, 0.15) is 38.2 Å². The fourth-order valence-corrected chi connectivity index (χ4v) is 3.07. The molecule has 0 fully saturated rings. The molecule has 2 N–H and O–H groups in total. The second-order valence-corrected chi connectivity index (χ2v) is 5.91. The molecule has 0 unspecified atom stereocenters. The minimum atomic E-state index is 0.831. The maximum absolute atomic E-state index is 5.89. The van der Waals surface area contributed by atoms with Gasteiger partial charge in [0.1, 0.15) is 0 Å². The highest BCUT2D eigenvalue weighted by Gasteiger charge is 2.03. The molecule has 1 nitrogen and oxygen atoms in total. The Morgan fingerprint density at radius 1 is 0.810 bits per heavy atom. The van der Waals surface area contributed by atoms with E-state index in [1.807, 2.05) is 6.07 Å². The molecule has 108 valence electrons. The Morgan fingerprint density at radius 2 is 1.71 bits per heavy atom. The molecular weight excluding hydrogens is 254 g/mol. The van der Waals surface area contributed by atoms with Crippen LogP contribution in [0.3, 0.4) is 0 Å². The van der Waals surface area contributed by atoms with E-state index < -0.39 is 0 Å². The molecule has 3 rings (SSSR count). The largest absolute Gasteiger partial charge is 0.399 e. The zero-order valence-electron chi connectivity index (χ0n) is 12.7. The van der Waals surface area contributed by atoms with Gasteiger partial charge in [-0.25, -0.2) is 0 Å². The molecule has 0 radical (unpaired) electrons. The van der Waals surface area contributed by atoms with Crippen molar-refractivity contribution in [3.63, 3.8) is 0 Å². The molecule has 1 heteroatoms. The topological polar surface area (TPSA) is 26.0 Å². The molecule has 3 aromatic rings. The van der Waals surface area contributed by atoms with E-state index in [2.05, 4.69) is 49.4 Å². The number of hydrogen-bond acceptors (Lipinski definition) is 1. The maximum atomic E-state index is 5.89. The maximum Gasteiger partial charge on any atom is 0.0320 e. The zero-order valence-corrected chi connectivity index (χ0v) is 12.7. The first-order valence-electron chi connectivity index (χ1n) is 7.99. The zero-order chi connectivity index (χ0) is 14.7. The minimum absolute atomic E-state index is 0.831. The van der Waals surface area contributed by atoms with Crippen molar-refractivity contribution < 1.29 is 0 Å². The summed E-state index contributed by atoms with van der Waals surface area (Å²) in [6.45, 7) is 2.26. The van der Waals surface area contributed by atoms with Gasteiger partial charge in [-0.3, -0.25) is 0 Å². The standard InChI is InChI=1S/C20H23N/c1-2-3-4-5-7-15-8-6-9-17-12-18-13-19(21)11-10-16(18)14-20(15)17/h6,8-14H,2-5,7,21H2,1H3. The molecule has 0 aliphatic heterocycles. The van der Waals surface area contributed by atoms with E-state index in [4.69, 9.17) is 5.73 Å². The van der Waals surface area contributed by atoms with Crippen LogP contribution in [0.15, 0.2) is 48.5 Å². The summed E-state index contributed by atoms with van der Waals surface area (Å²) in [5.74, 6) is 0. The predicted molar refractivity (Wildman–Crippen MR) is 93.7 cm³/mol. The van der Waals surface area contributed by atoms with Crippen molar-refractivity contribution in [2.45, 2.75) is 39.0 Å². The van der Waals surface area contributed by atoms with Gasteiger partial charge in [0.15, 0.2) is 0 Å². The van der Waals surface area contributed by atoms with Crippen LogP contribution >= 0.6 is 0 Å². The highest BCUT2D eigenvalue weighted by Crippen LogP contribution is 2.27. The molecule has 0 bridgehead atoms. The summed E-state index contributed by atoms with van der Waals surface area (Å²) >= 11 is 0. The van der Waals surface area contributed by atoms with E-state index in [1.54, 1.807) is 0 Å². The van der Waals surface area contributed by atoms with Crippen molar-refractivity contribution >= 4 is 27.2 Å². The van der Waals surface area contributed by atoms with Crippen molar-refractivity contribution in [1.29, 1.82) is 0 Å². The summed E-state index contributed by atoms with van der Waals surface area (Å²) in [4.78, 5) is 0. The third-order valence-corrected chi connectivity index (χ3v) is 4.25. The number of hydrogen-bond donors (Lipinski definition) is 1. The van der Waals surface area contributed by atoms with Gasteiger partial charge in [-0.05, 0) is 64.2 Å². The second kappa shape index (κ2) is 6.17. The van der Waals surface area contributed by atoms with Gasteiger partial charge < -0.3 is 5.73 Å². The number of anilines is 1. The Bertz CT molecular complexity index is 758. The monoisotopic (exact) mass is 277 g/mol. The van der Waals surface area contributed by atoms with Crippen LogP contribution in [0.4, 0.5) is 5.69 Å². The van der Waals surface area contributed by atoms with Crippen molar-refractivity contribution in [2.24, 2.45) is 0 Å². The molecular formula is C20H23N. The van der Waals surface area contributed by atoms with Gasteiger partial charge >= 0.3 is 0 Å². The Kier molecular flexibility index (Phi) is 4.10. The highest BCUT2D eigenvalue weighted by atomic mass is 14.5. The van der Waals surface area contributed by atoms with Crippen LogP contribution in [0.25, 0.3) is 21.5 Å². The SMILES string of the molecule is CCCCCCc1cccc2cc3cc(N)ccc3cc12. The third-order valence-electron chi connectivity index (χ3n) is 4.25. The number of rotatable bonds is 5. The third kappa shape index (κ3) is 3.02. The Labute approximate surface area is 126 Å². The molecule has 0 saturated heterocycles. The van der Waals surface area contributed by atoms with Crippen LogP contribution < -0.4 is 5.73 Å². The second-order valence-electron chi connectivity index (χ2n) is 5.91. The average molecular weight is 277 g/mol. The van der Waals surface area contributed by atoms with Crippen molar-refractivity contribution in [3.05, 3.63) is 54.1 Å². The lowest BCUT2D eigenvalue weighted by Crippen LogP contribution is -1.89. The van der Waals surface area contributed by atoms with Gasteiger partial charge in [-0.1, -0.05) is 50.5 Å². The van der Waals surface area contributed by atoms with E-state index in [1.165, 1.54) is 59.2 Å². The molecule has 0 amide bonds. The van der Waals surface area contributed by atoms with Gasteiger partial charge in [-0.15, -0.1) is 0 Å². The smallest absolute Gasteiger partial charge is 0.0320 e. The van der Waals surface area contributed by atoms with E-state index in [0.717, 1.165) is 5.69 Å². The molecule has 21 heavy (non-hydrogen) atoms. The first kappa shape index (κ1) is 13.9. The van der Waals surface area contributed by atoms with E-state index >= 15 is 0 Å². The normalized spacial score (nSPS) is 11.3. The first-order chi connectivity index (χ1) is 10.3. The van der Waals surface area contributed by atoms with Crippen molar-refractivity contribution in [2.75, 3.05) is 5.73 Å². The number of nitrogen functional groups attached to an aromatic ring is 1. The molecule has 0 heterocycles. The molecule has 0 atom stereocenters. The highest BCUT2D eigenvalue weighted by molar-refractivity contribution is 6.00. The lowest BCUT2D eigenvalue weighted by atomic mass is 9.96. The van der Waals surface area contributed by atoms with Crippen LogP contribution in [0.2, 0.25) is 0 Å². The molecule has 0 aromatic heterocycles. The molecule has 0 aliphatic carbocycles. The minimum Gasteiger partial charge on any atom is -0.399 e. The van der Waals surface area contributed by atoms with Gasteiger partial charge in [0, 0.05) is 5.69 Å². The fraction of sp³-hybridized carbons (Fsp3) is 0.300. The van der Waals surface area contributed by atoms with Gasteiger partial charge in [0.05, 0.1) is 0 Å². The van der Waals surface area contributed by atoms with Crippen LogP contribution in [-0.4, -0.2) is 0 Å². The van der Waals surface area contributed by atoms with E-state index in [9.17, 15) is 0 Å². The van der Waals surface area contributed by atoms with Crippen LogP contribution in [0, 0.1) is 0 Å². The van der Waals surface area contributed by atoms with E-state index in [-0.39, 0.29) is 0 Å². The summed E-state index contributed by atoms with van der Waals surface area (Å²) < 4.78 is 0. The van der Waals surface area contributed by atoms with Gasteiger partial charge in [0.25, 0.3) is 0 Å². The van der Waals surface area contributed by atoms with Crippen molar-refractivity contribution in [3.8, 4) is 0 Å². The average Bonchev–Trinajstić information content (AvgIpc) is 2.49. The van der Waals surface area contributed by atoms with Crippen LogP contribution in [-0.2, 0) is 6.42 Å². The Balaban J connectivity index is 1.99. The van der Waals surface area contributed by atoms with Crippen LogP contribution in [0.5, 0.6) is 0 Å². The number of aryl methyl sites for hydroxylation is 1. The first-order valence-corrected chi connectivity index (χ1v) is 7.99. The van der Waals surface area contributed by atoms with Gasteiger partial charge in [-0.2, -0.15) is 0 Å². The fourth-order valence-electron chi connectivity index (χ4n) is 3.07. The quantitative estimate of drug-likeness (QED) is 0.361. The summed E-state index contributed by atoms with van der Waals surface area (Å²) in [5, 5.41) is 5.22. The summed E-state index contributed by atoms with van der Waals surface area (Å²) in [7, 11) is 0. The molecule has 0 aliphatic rings. The molecule has 0 saturated carbocycles. The predicted octanol–water partition coefficient (Wildman–Crippen LogP) is 5.70. The molecule has 0 spiro atoms. The summed E-state index contributed by atoms with van der Waals surface area (Å²) in [6.07, 6.45) is 6.43. The lowest BCUT2D eigenvalue weighted by molar-refractivity contribution is 0.668. The molecule has 3 aromatic carbocycles. The number of benzene rings is 3. The Hall–Kier alpha value is -2.02. The number of nitrogens with two attached hydrogens (primary N) is 1. The summed E-state index contributed by atoms with van der Waals surface area (Å²) in [6, 6.07) is 17.4. The Morgan fingerprint density at radius 3 is 2.57 bits per heavy atom.